The summed E-state index contributed by atoms with van der Waals surface area (Å²) in [4.78, 5) is 19.0. The summed E-state index contributed by atoms with van der Waals surface area (Å²) in [6, 6.07) is 2.16. The van der Waals surface area contributed by atoms with Crippen LogP contribution < -0.4 is 5.32 Å². The number of anilines is 1. The van der Waals surface area contributed by atoms with Crippen molar-refractivity contribution < 1.29 is 4.79 Å². The molecular weight excluding hydrogens is 334 g/mol. The van der Waals surface area contributed by atoms with Crippen LogP contribution in [-0.2, 0) is 13.1 Å². The van der Waals surface area contributed by atoms with Gasteiger partial charge in [0.1, 0.15) is 10.8 Å². The lowest BCUT2D eigenvalue weighted by Gasteiger charge is -2.23. The summed E-state index contributed by atoms with van der Waals surface area (Å²) in [5, 5.41) is 10.4. The van der Waals surface area contributed by atoms with Gasteiger partial charge in [0.05, 0.1) is 12.7 Å². The van der Waals surface area contributed by atoms with E-state index in [2.05, 4.69) is 27.6 Å². The van der Waals surface area contributed by atoms with Gasteiger partial charge < -0.3 is 4.90 Å². The Labute approximate surface area is 151 Å². The number of amides is 2. The Morgan fingerprint density at radius 1 is 1.32 bits per heavy atom. The third-order valence-electron chi connectivity index (χ3n) is 4.80. The molecule has 0 radical (unpaired) electrons. The average Bonchev–Trinajstić information content (AvgIpc) is 3.16. The molecule has 1 N–H and O–H groups in total. The first-order valence-electron chi connectivity index (χ1n) is 8.92. The number of aromatic nitrogens is 3. The van der Waals surface area contributed by atoms with Crippen LogP contribution in [0.3, 0.4) is 0 Å². The molecule has 0 spiro atoms. The Morgan fingerprint density at radius 3 is 2.96 bits per heavy atom. The van der Waals surface area contributed by atoms with Crippen molar-refractivity contribution in [3.63, 3.8) is 0 Å². The number of hydrogen-bond acceptors (Lipinski definition) is 4. The maximum Gasteiger partial charge on any atom is 0.323 e. The maximum absolute atomic E-state index is 12.8. The van der Waals surface area contributed by atoms with Gasteiger partial charge in [-0.25, -0.2) is 14.5 Å². The van der Waals surface area contributed by atoms with Gasteiger partial charge in [-0.3, -0.25) is 5.32 Å². The van der Waals surface area contributed by atoms with Crippen molar-refractivity contribution in [3.8, 4) is 0 Å². The maximum atomic E-state index is 12.8. The smallest absolute Gasteiger partial charge is 0.315 e. The molecule has 2 aliphatic carbocycles. The second kappa shape index (κ2) is 7.39. The van der Waals surface area contributed by atoms with Crippen LogP contribution in [-0.4, -0.2) is 31.7 Å². The molecule has 2 heterocycles. The normalized spacial score (nSPS) is 19.8. The van der Waals surface area contributed by atoms with Gasteiger partial charge in [-0.2, -0.15) is 5.10 Å². The molecule has 0 bridgehead atoms. The largest absolute Gasteiger partial charge is 0.323 e. The summed E-state index contributed by atoms with van der Waals surface area (Å²) in [7, 11) is 0. The van der Waals surface area contributed by atoms with E-state index in [1.807, 2.05) is 21.0 Å². The predicted octanol–water partition coefficient (Wildman–Crippen LogP) is 3.89. The second-order valence-electron chi connectivity index (χ2n) is 6.76. The first-order chi connectivity index (χ1) is 12.3. The second-order valence-corrected chi connectivity index (χ2v) is 7.74. The standard InChI is InChI=1S/C18H23N5OS/c24-18(22(15-6-7-15)13-17-19-10-11-25-17)21-16-8-9-20-23(16)12-14-4-2-1-3-5-14/h1-2,8-11,14-15H,3-7,12-13H2,(H,21,24). The van der Waals surface area contributed by atoms with Crippen molar-refractivity contribution in [2.75, 3.05) is 5.32 Å². The lowest BCUT2D eigenvalue weighted by Crippen LogP contribution is -2.37. The number of rotatable bonds is 6. The zero-order valence-corrected chi connectivity index (χ0v) is 15.0. The fourth-order valence-corrected chi connectivity index (χ4v) is 3.88. The van der Waals surface area contributed by atoms with Crippen LogP contribution in [0.25, 0.3) is 0 Å². The molecule has 1 unspecified atom stereocenters. The number of hydrogen-bond donors (Lipinski definition) is 1. The Hall–Kier alpha value is -2.15. The van der Waals surface area contributed by atoms with Crippen LogP contribution in [0.5, 0.6) is 0 Å². The number of nitrogens with zero attached hydrogens (tertiary/aromatic N) is 4. The molecule has 6 nitrogen and oxygen atoms in total. The highest BCUT2D eigenvalue weighted by Gasteiger charge is 2.33. The molecule has 132 valence electrons. The van der Waals surface area contributed by atoms with Crippen LogP contribution in [0.4, 0.5) is 10.6 Å². The third kappa shape index (κ3) is 4.10. The SMILES string of the molecule is O=C(Nc1ccnn1CC1CC=CCC1)N(Cc1nccs1)C1CC1. The molecular formula is C18H23N5OS. The van der Waals surface area contributed by atoms with E-state index in [1.165, 1.54) is 6.42 Å². The van der Waals surface area contributed by atoms with E-state index in [-0.39, 0.29) is 6.03 Å². The minimum Gasteiger partial charge on any atom is -0.315 e. The number of allylic oxidation sites excluding steroid dienone is 2. The van der Waals surface area contributed by atoms with Crippen LogP contribution in [0.1, 0.15) is 37.1 Å². The molecule has 2 aliphatic rings. The van der Waals surface area contributed by atoms with E-state index in [9.17, 15) is 4.79 Å². The third-order valence-corrected chi connectivity index (χ3v) is 5.56. The fourth-order valence-electron chi connectivity index (χ4n) is 3.26. The van der Waals surface area contributed by atoms with Crippen molar-refractivity contribution in [1.82, 2.24) is 19.7 Å². The van der Waals surface area contributed by atoms with Gasteiger partial charge in [-0.1, -0.05) is 12.2 Å². The molecule has 2 aromatic rings. The van der Waals surface area contributed by atoms with Crippen molar-refractivity contribution >= 4 is 23.2 Å². The summed E-state index contributed by atoms with van der Waals surface area (Å²) in [5.41, 5.74) is 0. The summed E-state index contributed by atoms with van der Waals surface area (Å²) in [6.07, 6.45) is 13.6. The molecule has 2 amide bonds. The number of nitrogens with one attached hydrogen (secondary N) is 1. The van der Waals surface area contributed by atoms with E-state index in [0.29, 0.717) is 18.5 Å². The first kappa shape index (κ1) is 16.3. The lowest BCUT2D eigenvalue weighted by atomic mass is 9.94. The average molecular weight is 357 g/mol. The summed E-state index contributed by atoms with van der Waals surface area (Å²) in [6.45, 7) is 1.43. The first-order valence-corrected chi connectivity index (χ1v) is 9.80. The van der Waals surface area contributed by atoms with Gasteiger partial charge in [0.15, 0.2) is 0 Å². The summed E-state index contributed by atoms with van der Waals surface area (Å²) in [5.74, 6) is 1.37. The minimum atomic E-state index is -0.0528. The Morgan fingerprint density at radius 2 is 2.24 bits per heavy atom. The highest BCUT2D eigenvalue weighted by molar-refractivity contribution is 7.09. The summed E-state index contributed by atoms with van der Waals surface area (Å²) >= 11 is 1.59. The van der Waals surface area contributed by atoms with Gasteiger partial charge in [-0.15, -0.1) is 11.3 Å². The minimum absolute atomic E-state index is 0.0528. The van der Waals surface area contributed by atoms with Gasteiger partial charge in [0.2, 0.25) is 0 Å². The van der Waals surface area contributed by atoms with Gasteiger partial charge in [-0.05, 0) is 38.0 Å². The molecule has 7 heteroatoms. The molecule has 25 heavy (non-hydrogen) atoms. The number of thiazole rings is 1. The number of carbonyl (C=O) groups excluding carboxylic acids is 1. The molecule has 0 aromatic carbocycles. The fraction of sp³-hybridized carbons (Fsp3) is 0.500. The molecule has 4 rings (SSSR count). The lowest BCUT2D eigenvalue weighted by molar-refractivity contribution is 0.205. The molecule has 0 aliphatic heterocycles. The van der Waals surface area contributed by atoms with Crippen LogP contribution in [0, 0.1) is 5.92 Å². The van der Waals surface area contributed by atoms with E-state index in [0.717, 1.165) is 43.1 Å². The predicted molar refractivity (Wildman–Crippen MR) is 98.4 cm³/mol. The van der Waals surface area contributed by atoms with Crippen molar-refractivity contribution in [3.05, 3.63) is 41.0 Å². The Kier molecular flexibility index (Phi) is 4.83. The van der Waals surface area contributed by atoms with E-state index in [4.69, 9.17) is 0 Å². The quantitative estimate of drug-likeness (QED) is 0.798. The Balaban J connectivity index is 1.41. The molecule has 0 saturated heterocycles. The Bertz CT molecular complexity index is 734. The molecule has 2 aromatic heterocycles. The zero-order chi connectivity index (χ0) is 17.1. The van der Waals surface area contributed by atoms with Crippen molar-refractivity contribution in [1.29, 1.82) is 0 Å². The van der Waals surface area contributed by atoms with Crippen LogP contribution in [0.15, 0.2) is 36.0 Å². The summed E-state index contributed by atoms with van der Waals surface area (Å²) < 4.78 is 1.93. The van der Waals surface area contributed by atoms with E-state index < -0.39 is 0 Å². The van der Waals surface area contributed by atoms with Crippen LogP contribution in [0.2, 0.25) is 0 Å². The van der Waals surface area contributed by atoms with E-state index >= 15 is 0 Å². The van der Waals surface area contributed by atoms with Crippen molar-refractivity contribution in [2.24, 2.45) is 5.92 Å². The molecule has 1 atom stereocenters. The number of urea groups is 1. The highest BCUT2D eigenvalue weighted by Crippen LogP contribution is 2.29. The highest BCUT2D eigenvalue weighted by atomic mass is 32.1. The van der Waals surface area contributed by atoms with E-state index in [1.54, 1.807) is 23.7 Å². The van der Waals surface area contributed by atoms with Crippen LogP contribution >= 0.6 is 11.3 Å². The molecule has 1 saturated carbocycles. The number of carbonyl (C=O) groups is 1. The molecule has 1 fully saturated rings. The van der Waals surface area contributed by atoms with Gasteiger partial charge in [0.25, 0.3) is 0 Å². The zero-order valence-electron chi connectivity index (χ0n) is 14.2. The van der Waals surface area contributed by atoms with Gasteiger partial charge in [0, 0.05) is 30.2 Å². The topological polar surface area (TPSA) is 63.1 Å². The van der Waals surface area contributed by atoms with Gasteiger partial charge >= 0.3 is 6.03 Å². The monoisotopic (exact) mass is 357 g/mol. The van der Waals surface area contributed by atoms with Crippen molar-refractivity contribution in [2.45, 2.75) is 51.2 Å².